The van der Waals surface area contributed by atoms with E-state index in [4.69, 9.17) is 0 Å². The van der Waals surface area contributed by atoms with Crippen molar-refractivity contribution in [1.82, 2.24) is 15.0 Å². The molecule has 0 N–H and O–H groups in total. The van der Waals surface area contributed by atoms with E-state index in [1.165, 1.54) is 11.6 Å². The number of rotatable bonds is 2. The highest BCUT2D eigenvalue weighted by molar-refractivity contribution is 6.12. The number of ether oxygens (including phenoxy) is 1. The lowest BCUT2D eigenvalue weighted by Gasteiger charge is -2.03. The number of cyclic esters (lactones) is 2. The van der Waals surface area contributed by atoms with Crippen molar-refractivity contribution in [3.8, 4) is 5.69 Å². The number of fused-ring (bicyclic) bond motifs is 1. The molecule has 0 saturated heterocycles. The molecule has 0 aliphatic carbocycles. The van der Waals surface area contributed by atoms with Crippen LogP contribution in [-0.4, -0.2) is 32.7 Å². The summed E-state index contributed by atoms with van der Waals surface area (Å²) in [5.74, 6) is -1.72. The lowest BCUT2D eigenvalue weighted by Crippen LogP contribution is -2.09. The third-order valence-electron chi connectivity index (χ3n) is 2.74. The predicted molar refractivity (Wildman–Crippen MR) is 61.1 cm³/mol. The third kappa shape index (κ3) is 1.63. The zero-order chi connectivity index (χ0) is 13.6. The number of ketones is 1. The van der Waals surface area contributed by atoms with E-state index in [1.807, 2.05) is 0 Å². The van der Waals surface area contributed by atoms with Gasteiger partial charge in [-0.3, -0.25) is 4.79 Å². The number of aromatic nitrogens is 3. The van der Waals surface area contributed by atoms with Gasteiger partial charge in [-0.1, -0.05) is 17.3 Å². The van der Waals surface area contributed by atoms with Gasteiger partial charge < -0.3 is 4.74 Å². The standard InChI is InChI=1S/C12H7N3O4/c1-6(16)7-3-2-4-8(5-7)15-10-9(13-14-15)11(17)19-12(10)18/h2-5H,1H3. The van der Waals surface area contributed by atoms with Gasteiger partial charge in [0.2, 0.25) is 5.69 Å². The largest absolute Gasteiger partial charge is 0.383 e. The van der Waals surface area contributed by atoms with E-state index in [-0.39, 0.29) is 17.2 Å². The lowest BCUT2D eigenvalue weighted by molar-refractivity contribution is 0.0434. The summed E-state index contributed by atoms with van der Waals surface area (Å²) in [6.45, 7) is 1.43. The monoisotopic (exact) mass is 257 g/mol. The quantitative estimate of drug-likeness (QED) is 0.448. The van der Waals surface area contributed by atoms with E-state index in [9.17, 15) is 14.4 Å². The Kier molecular flexibility index (Phi) is 2.28. The Morgan fingerprint density at radius 2 is 2.05 bits per heavy atom. The van der Waals surface area contributed by atoms with Crippen LogP contribution in [0.4, 0.5) is 0 Å². The number of Topliss-reactive ketones (excluding diaryl/α,β-unsaturated/α-hetero) is 1. The maximum absolute atomic E-state index is 11.5. The summed E-state index contributed by atoms with van der Waals surface area (Å²) in [7, 11) is 0. The second kappa shape index (κ2) is 3.84. The molecule has 0 unspecified atom stereocenters. The van der Waals surface area contributed by atoms with Gasteiger partial charge in [0.25, 0.3) is 0 Å². The molecule has 19 heavy (non-hydrogen) atoms. The van der Waals surface area contributed by atoms with Crippen LogP contribution in [0.25, 0.3) is 5.69 Å². The van der Waals surface area contributed by atoms with Crippen LogP contribution in [0.2, 0.25) is 0 Å². The number of esters is 2. The van der Waals surface area contributed by atoms with Crippen molar-refractivity contribution in [2.24, 2.45) is 0 Å². The summed E-state index contributed by atoms with van der Waals surface area (Å²) in [5.41, 5.74) is 0.802. The number of hydrogen-bond acceptors (Lipinski definition) is 6. The molecule has 94 valence electrons. The third-order valence-corrected chi connectivity index (χ3v) is 2.74. The van der Waals surface area contributed by atoms with Crippen LogP contribution in [0.3, 0.4) is 0 Å². The Morgan fingerprint density at radius 3 is 2.79 bits per heavy atom. The van der Waals surface area contributed by atoms with Crippen molar-refractivity contribution in [2.75, 3.05) is 0 Å². The minimum absolute atomic E-state index is 0.0225. The molecule has 0 atom stereocenters. The van der Waals surface area contributed by atoms with Gasteiger partial charge in [0.15, 0.2) is 11.5 Å². The molecule has 1 aliphatic rings. The maximum Gasteiger partial charge on any atom is 0.369 e. The van der Waals surface area contributed by atoms with E-state index in [1.54, 1.807) is 24.3 Å². The number of carbonyl (C=O) groups is 3. The SMILES string of the molecule is CC(=O)c1cccc(-n2nnc3c2C(=O)OC3=O)c1. The molecule has 1 aromatic heterocycles. The number of benzene rings is 1. The Morgan fingerprint density at radius 1 is 1.26 bits per heavy atom. The first-order valence-corrected chi connectivity index (χ1v) is 5.41. The summed E-state index contributed by atoms with van der Waals surface area (Å²) in [6, 6.07) is 6.51. The van der Waals surface area contributed by atoms with Crippen molar-refractivity contribution >= 4 is 17.7 Å². The zero-order valence-corrected chi connectivity index (χ0v) is 9.78. The van der Waals surface area contributed by atoms with Crippen LogP contribution in [0, 0.1) is 0 Å². The second-order valence-electron chi connectivity index (χ2n) is 3.98. The highest BCUT2D eigenvalue weighted by Crippen LogP contribution is 2.21. The molecule has 0 saturated carbocycles. The topological polar surface area (TPSA) is 91.2 Å². The molecule has 7 heteroatoms. The molecule has 7 nitrogen and oxygen atoms in total. The molecule has 0 radical (unpaired) electrons. The molecule has 1 aliphatic heterocycles. The molecule has 0 bridgehead atoms. The second-order valence-corrected chi connectivity index (χ2v) is 3.98. The molecule has 0 spiro atoms. The van der Waals surface area contributed by atoms with E-state index >= 15 is 0 Å². The van der Waals surface area contributed by atoms with E-state index in [2.05, 4.69) is 15.0 Å². The van der Waals surface area contributed by atoms with Gasteiger partial charge in [0.05, 0.1) is 5.69 Å². The van der Waals surface area contributed by atoms with Crippen molar-refractivity contribution in [3.63, 3.8) is 0 Å². The summed E-state index contributed by atoms with van der Waals surface area (Å²) in [6.07, 6.45) is 0. The summed E-state index contributed by atoms with van der Waals surface area (Å²) >= 11 is 0. The van der Waals surface area contributed by atoms with Gasteiger partial charge >= 0.3 is 11.9 Å². The van der Waals surface area contributed by atoms with Crippen LogP contribution < -0.4 is 0 Å². The van der Waals surface area contributed by atoms with Gasteiger partial charge in [0.1, 0.15) is 0 Å². The van der Waals surface area contributed by atoms with Gasteiger partial charge in [-0.25, -0.2) is 14.3 Å². The van der Waals surface area contributed by atoms with E-state index in [0.717, 1.165) is 0 Å². The molecule has 0 fully saturated rings. The fraction of sp³-hybridized carbons (Fsp3) is 0.0833. The first kappa shape index (κ1) is 11.3. The average molecular weight is 257 g/mol. The van der Waals surface area contributed by atoms with Gasteiger partial charge in [-0.2, -0.15) is 0 Å². The van der Waals surface area contributed by atoms with Crippen LogP contribution in [0.5, 0.6) is 0 Å². The Bertz CT molecular complexity index is 732. The van der Waals surface area contributed by atoms with Gasteiger partial charge in [-0.15, -0.1) is 5.10 Å². The highest BCUT2D eigenvalue weighted by Gasteiger charge is 2.37. The van der Waals surface area contributed by atoms with Crippen molar-refractivity contribution in [1.29, 1.82) is 0 Å². The molecule has 3 rings (SSSR count). The Balaban J connectivity index is 2.17. The fourth-order valence-electron chi connectivity index (χ4n) is 1.82. The van der Waals surface area contributed by atoms with Crippen LogP contribution >= 0.6 is 0 Å². The fourth-order valence-corrected chi connectivity index (χ4v) is 1.82. The maximum atomic E-state index is 11.5. The number of hydrogen-bond donors (Lipinski definition) is 0. The average Bonchev–Trinajstić information content (AvgIpc) is 2.93. The molecular weight excluding hydrogens is 250 g/mol. The van der Waals surface area contributed by atoms with E-state index in [0.29, 0.717) is 11.3 Å². The summed E-state index contributed by atoms with van der Waals surface area (Å²) < 4.78 is 5.63. The normalized spacial score (nSPS) is 13.3. The highest BCUT2D eigenvalue weighted by atomic mass is 16.6. The van der Waals surface area contributed by atoms with E-state index < -0.39 is 11.9 Å². The van der Waals surface area contributed by atoms with Crippen molar-refractivity contribution < 1.29 is 19.1 Å². The van der Waals surface area contributed by atoms with Gasteiger partial charge in [-0.05, 0) is 19.1 Å². The molecule has 1 aromatic carbocycles. The summed E-state index contributed by atoms with van der Waals surface area (Å²) in [5, 5.41) is 7.35. The molecular formula is C12H7N3O4. The predicted octanol–water partition coefficient (Wildman–Crippen LogP) is 0.780. The van der Waals surface area contributed by atoms with Crippen molar-refractivity contribution in [2.45, 2.75) is 6.92 Å². The first-order valence-electron chi connectivity index (χ1n) is 5.41. The van der Waals surface area contributed by atoms with Crippen molar-refractivity contribution in [3.05, 3.63) is 41.2 Å². The zero-order valence-electron chi connectivity index (χ0n) is 9.78. The lowest BCUT2D eigenvalue weighted by atomic mass is 10.1. The Hall–Kier alpha value is -2.83. The van der Waals surface area contributed by atoms with Gasteiger partial charge in [0, 0.05) is 5.56 Å². The number of nitrogens with zero attached hydrogens (tertiary/aromatic N) is 3. The minimum atomic E-state index is -0.811. The van der Waals surface area contributed by atoms with Crippen LogP contribution in [0.1, 0.15) is 38.3 Å². The smallest absolute Gasteiger partial charge is 0.369 e. The molecule has 2 heterocycles. The van der Waals surface area contributed by atoms with Crippen LogP contribution in [0.15, 0.2) is 24.3 Å². The first-order chi connectivity index (χ1) is 9.08. The number of carbonyl (C=O) groups excluding carboxylic acids is 3. The minimum Gasteiger partial charge on any atom is -0.383 e. The molecule has 0 amide bonds. The molecule has 2 aromatic rings. The van der Waals surface area contributed by atoms with Crippen LogP contribution in [-0.2, 0) is 4.74 Å². The summed E-state index contributed by atoms with van der Waals surface area (Å²) in [4.78, 5) is 34.1. The Labute approximate surface area is 106 Å².